The molecule has 0 unspecified atom stereocenters. The lowest BCUT2D eigenvalue weighted by atomic mass is 9.53. The van der Waals surface area contributed by atoms with Gasteiger partial charge in [0.1, 0.15) is 5.78 Å². The van der Waals surface area contributed by atoms with Crippen LogP contribution in [0.1, 0.15) is 64.7 Å². The number of rotatable bonds is 0. The fraction of sp³-hybridized carbons (Fsp3) is 0.750. The van der Waals surface area contributed by atoms with E-state index in [0.29, 0.717) is 17.1 Å². The Kier molecular flexibility index (Phi) is 3.07. The molecule has 2 fully saturated rings. The third kappa shape index (κ3) is 1.88. The van der Waals surface area contributed by atoms with Gasteiger partial charge in [0.2, 0.25) is 0 Å². The van der Waals surface area contributed by atoms with Crippen LogP contribution in [-0.4, -0.2) is 5.78 Å². The molecule has 21 heavy (non-hydrogen) atoms. The van der Waals surface area contributed by atoms with Gasteiger partial charge in [-0.25, -0.2) is 0 Å². The summed E-state index contributed by atoms with van der Waals surface area (Å²) in [6.45, 7) is 2.47. The molecule has 2 saturated carbocycles. The number of ketones is 1. The predicted molar refractivity (Wildman–Crippen MR) is 84.5 cm³/mol. The van der Waals surface area contributed by atoms with Crippen molar-refractivity contribution in [2.45, 2.75) is 64.7 Å². The molecule has 0 aliphatic heterocycles. The van der Waals surface area contributed by atoms with Gasteiger partial charge in [-0.05, 0) is 68.1 Å². The fourth-order valence-electron chi connectivity index (χ4n) is 6.32. The van der Waals surface area contributed by atoms with E-state index in [1.165, 1.54) is 44.1 Å². The second kappa shape index (κ2) is 4.73. The van der Waals surface area contributed by atoms with E-state index in [2.05, 4.69) is 12.8 Å². The van der Waals surface area contributed by atoms with E-state index in [0.717, 1.165) is 37.0 Å². The normalized spacial score (nSPS) is 45.6. The summed E-state index contributed by atoms with van der Waals surface area (Å²) < 4.78 is 0. The van der Waals surface area contributed by atoms with Gasteiger partial charge in [0.25, 0.3) is 0 Å². The van der Waals surface area contributed by atoms with Gasteiger partial charge >= 0.3 is 0 Å². The van der Waals surface area contributed by atoms with Gasteiger partial charge in [-0.1, -0.05) is 18.1 Å². The van der Waals surface area contributed by atoms with Gasteiger partial charge < -0.3 is 0 Å². The minimum atomic E-state index is 0.401. The van der Waals surface area contributed by atoms with Gasteiger partial charge in [-0.3, -0.25) is 4.79 Å². The Morgan fingerprint density at radius 1 is 1.14 bits per heavy atom. The van der Waals surface area contributed by atoms with Crippen molar-refractivity contribution >= 4 is 5.78 Å². The molecule has 0 aromatic carbocycles. The van der Waals surface area contributed by atoms with Crippen molar-refractivity contribution < 1.29 is 4.79 Å². The van der Waals surface area contributed by atoms with Gasteiger partial charge in [-0.2, -0.15) is 0 Å². The lowest BCUT2D eigenvalue weighted by molar-refractivity contribution is -0.119. The number of hydrogen-bond donors (Lipinski definition) is 0. The summed E-state index contributed by atoms with van der Waals surface area (Å²) in [5, 5.41) is 0. The quantitative estimate of drug-likeness (QED) is 0.471. The molecular weight excluding hydrogens is 256 g/mol. The van der Waals surface area contributed by atoms with Gasteiger partial charge in [0.15, 0.2) is 0 Å². The average Bonchev–Trinajstić information content (AvgIpc) is 2.83. The third-order valence-corrected chi connectivity index (χ3v) is 7.40. The summed E-state index contributed by atoms with van der Waals surface area (Å²) in [4.78, 5) is 11.7. The highest BCUT2D eigenvalue weighted by molar-refractivity contribution is 5.82. The van der Waals surface area contributed by atoms with Crippen molar-refractivity contribution in [2.75, 3.05) is 0 Å². The van der Waals surface area contributed by atoms with Crippen molar-refractivity contribution in [3.8, 4) is 12.3 Å². The van der Waals surface area contributed by atoms with E-state index >= 15 is 0 Å². The van der Waals surface area contributed by atoms with Crippen LogP contribution in [-0.2, 0) is 4.79 Å². The van der Waals surface area contributed by atoms with Crippen LogP contribution >= 0.6 is 0 Å². The zero-order valence-electron chi connectivity index (χ0n) is 13.2. The van der Waals surface area contributed by atoms with Crippen LogP contribution in [0.4, 0.5) is 0 Å². The van der Waals surface area contributed by atoms with Crippen molar-refractivity contribution in [3.05, 3.63) is 11.1 Å². The fourth-order valence-corrected chi connectivity index (χ4v) is 6.32. The third-order valence-electron chi connectivity index (χ3n) is 7.40. The number of fused-ring (bicyclic) bond motifs is 4. The minimum absolute atomic E-state index is 0.401. The summed E-state index contributed by atoms with van der Waals surface area (Å²) in [6, 6.07) is 0. The molecule has 5 atom stereocenters. The van der Waals surface area contributed by atoms with E-state index in [1.807, 2.05) is 0 Å². The molecule has 0 saturated heterocycles. The van der Waals surface area contributed by atoms with E-state index in [4.69, 9.17) is 6.42 Å². The Hall–Kier alpha value is -1.03. The molecule has 112 valence electrons. The average molecular weight is 282 g/mol. The number of carbonyl (C=O) groups excluding carboxylic acids is 1. The predicted octanol–water partition coefficient (Wildman–Crippen LogP) is 4.52. The van der Waals surface area contributed by atoms with Crippen molar-refractivity contribution in [1.82, 2.24) is 0 Å². The van der Waals surface area contributed by atoms with Crippen LogP contribution < -0.4 is 0 Å². The summed E-state index contributed by atoms with van der Waals surface area (Å²) >= 11 is 0. The molecule has 0 amide bonds. The molecule has 4 aliphatic rings. The summed E-state index contributed by atoms with van der Waals surface area (Å²) in [7, 11) is 0. The smallest absolute Gasteiger partial charge is 0.137 e. The molecule has 0 aromatic heterocycles. The van der Waals surface area contributed by atoms with E-state index in [1.54, 1.807) is 5.57 Å². The lowest BCUT2D eigenvalue weighted by Crippen LogP contribution is -2.43. The Labute approximate surface area is 128 Å². The number of hydrogen-bond acceptors (Lipinski definition) is 1. The molecule has 0 heterocycles. The Balaban J connectivity index is 1.65. The van der Waals surface area contributed by atoms with Crippen LogP contribution in [0.5, 0.6) is 0 Å². The maximum atomic E-state index is 11.7. The maximum Gasteiger partial charge on any atom is 0.137 e. The van der Waals surface area contributed by atoms with E-state index in [9.17, 15) is 4.79 Å². The number of Topliss-reactive ketones (excluding diaryl/α,β-unsaturated/α-hetero) is 1. The zero-order chi connectivity index (χ0) is 14.6. The first kappa shape index (κ1) is 13.6. The molecule has 0 spiro atoms. The lowest BCUT2D eigenvalue weighted by Gasteiger charge is -2.51. The van der Waals surface area contributed by atoms with Crippen LogP contribution in [0, 0.1) is 41.4 Å². The molecule has 1 heteroatoms. The summed E-state index contributed by atoms with van der Waals surface area (Å²) in [5.41, 5.74) is 3.64. The highest BCUT2D eigenvalue weighted by Crippen LogP contribution is 2.62. The number of allylic oxidation sites excluding steroid dienone is 2. The Morgan fingerprint density at radius 3 is 2.81 bits per heavy atom. The molecule has 0 radical (unpaired) electrons. The molecule has 0 N–H and O–H groups in total. The van der Waals surface area contributed by atoms with Crippen LogP contribution in [0.25, 0.3) is 0 Å². The molecule has 0 bridgehead atoms. The monoisotopic (exact) mass is 282 g/mol. The number of terminal acetylenes is 1. The van der Waals surface area contributed by atoms with Gasteiger partial charge in [-0.15, -0.1) is 12.3 Å². The van der Waals surface area contributed by atoms with Gasteiger partial charge in [0.05, 0.1) is 0 Å². The maximum absolute atomic E-state index is 11.7. The van der Waals surface area contributed by atoms with E-state index < -0.39 is 0 Å². The second-order valence-electron chi connectivity index (χ2n) is 8.10. The van der Waals surface area contributed by atoms with Crippen molar-refractivity contribution in [2.24, 2.45) is 29.1 Å². The van der Waals surface area contributed by atoms with E-state index in [-0.39, 0.29) is 0 Å². The highest BCUT2D eigenvalue weighted by Gasteiger charge is 2.54. The van der Waals surface area contributed by atoms with Crippen LogP contribution in [0.3, 0.4) is 0 Å². The van der Waals surface area contributed by atoms with Crippen LogP contribution in [0.15, 0.2) is 11.1 Å². The van der Waals surface area contributed by atoms with Crippen LogP contribution in [0.2, 0.25) is 0 Å². The Bertz CT molecular complexity index is 549. The first-order chi connectivity index (χ1) is 10.1. The molecule has 1 nitrogen and oxygen atoms in total. The zero-order valence-corrected chi connectivity index (χ0v) is 13.2. The molecule has 4 aliphatic carbocycles. The standard InChI is InChI=1S/C20H26O/c1-3-14-5-9-19-18-7-4-13-12-15(21)6-8-16(13)17(18)10-11-20(14,19)2/h1,14,17-19H,4-12H2,2H3/t14-,17+,18+,19-,20+/m0/s1. The minimum Gasteiger partial charge on any atom is -0.299 e. The summed E-state index contributed by atoms with van der Waals surface area (Å²) in [6.07, 6.45) is 16.2. The van der Waals surface area contributed by atoms with Gasteiger partial charge in [0, 0.05) is 18.8 Å². The molecule has 4 rings (SSSR count). The SMILES string of the molecule is C#C[C@H]1CC[C@H]2[C@@H]3CCC4=C(CCC(=O)C4)[C@H]3CC[C@]12C. The summed E-state index contributed by atoms with van der Waals surface area (Å²) in [5.74, 6) is 6.57. The topological polar surface area (TPSA) is 17.1 Å². The number of carbonyl (C=O) groups is 1. The molecule has 0 aromatic rings. The second-order valence-corrected chi connectivity index (χ2v) is 8.10. The Morgan fingerprint density at radius 2 is 2.00 bits per heavy atom. The largest absolute Gasteiger partial charge is 0.299 e. The first-order valence-corrected chi connectivity index (χ1v) is 8.82. The highest BCUT2D eigenvalue weighted by atomic mass is 16.1. The van der Waals surface area contributed by atoms with Crippen molar-refractivity contribution in [1.29, 1.82) is 0 Å². The molecular formula is C20H26O. The first-order valence-electron chi connectivity index (χ1n) is 8.82. The van der Waals surface area contributed by atoms with Crippen molar-refractivity contribution in [3.63, 3.8) is 0 Å².